The number of rotatable bonds is 2. The van der Waals surface area contributed by atoms with Crippen molar-refractivity contribution in [3.8, 4) is 0 Å². The lowest BCUT2D eigenvalue weighted by Gasteiger charge is -2.69. The van der Waals surface area contributed by atoms with E-state index in [2.05, 4.69) is 22.6 Å². The average molecular weight is 278 g/mol. The first-order valence-electron chi connectivity index (χ1n) is 4.97. The molecule has 68 valence electrons. The Bertz CT molecular complexity index is 188. The molecule has 1 saturated heterocycles. The van der Waals surface area contributed by atoms with Crippen molar-refractivity contribution in [2.45, 2.75) is 35.5 Å². The Morgan fingerprint density at radius 3 is 2.58 bits per heavy atom. The molecule has 0 radical (unpaired) electrons. The van der Waals surface area contributed by atoms with Crippen molar-refractivity contribution in [1.82, 2.24) is 0 Å². The third-order valence-corrected chi connectivity index (χ3v) is 4.97. The SMILES string of the molecule is IC12CC(CC3CCOC3)(C1)C2. The summed E-state index contributed by atoms with van der Waals surface area (Å²) in [4.78, 5) is 0. The van der Waals surface area contributed by atoms with Crippen LogP contribution in [0.15, 0.2) is 0 Å². The highest BCUT2D eigenvalue weighted by Crippen LogP contribution is 2.74. The van der Waals surface area contributed by atoms with E-state index in [0.29, 0.717) is 0 Å². The van der Waals surface area contributed by atoms with E-state index >= 15 is 0 Å². The maximum Gasteiger partial charge on any atom is 0.0495 e. The molecule has 4 fully saturated rings. The Labute approximate surface area is 87.4 Å². The van der Waals surface area contributed by atoms with Gasteiger partial charge in [-0.15, -0.1) is 0 Å². The Hall–Kier alpha value is 0.690. The zero-order chi connectivity index (χ0) is 8.23. The summed E-state index contributed by atoms with van der Waals surface area (Å²) in [5.74, 6) is 0.909. The van der Waals surface area contributed by atoms with Crippen molar-refractivity contribution in [3.05, 3.63) is 0 Å². The summed E-state index contributed by atoms with van der Waals surface area (Å²) in [6, 6.07) is 0. The number of ether oxygens (including phenoxy) is 1. The van der Waals surface area contributed by atoms with Crippen LogP contribution in [0.5, 0.6) is 0 Å². The molecule has 3 aliphatic carbocycles. The van der Waals surface area contributed by atoms with Crippen LogP contribution in [0.3, 0.4) is 0 Å². The first-order chi connectivity index (χ1) is 5.70. The van der Waals surface area contributed by atoms with Gasteiger partial charge in [0.05, 0.1) is 0 Å². The van der Waals surface area contributed by atoms with Crippen molar-refractivity contribution in [2.24, 2.45) is 11.3 Å². The van der Waals surface area contributed by atoms with Gasteiger partial charge in [-0.05, 0) is 43.4 Å². The summed E-state index contributed by atoms with van der Waals surface area (Å²) in [7, 11) is 0. The fourth-order valence-corrected chi connectivity index (χ4v) is 5.86. The molecule has 0 N–H and O–H groups in total. The van der Waals surface area contributed by atoms with Crippen molar-refractivity contribution in [2.75, 3.05) is 13.2 Å². The third-order valence-electron chi connectivity index (χ3n) is 3.82. The molecule has 3 saturated carbocycles. The van der Waals surface area contributed by atoms with E-state index in [1.165, 1.54) is 32.1 Å². The summed E-state index contributed by atoms with van der Waals surface area (Å²) in [6.45, 7) is 2.08. The van der Waals surface area contributed by atoms with Gasteiger partial charge in [0, 0.05) is 16.6 Å². The van der Waals surface area contributed by atoms with Crippen LogP contribution in [0.2, 0.25) is 0 Å². The van der Waals surface area contributed by atoms with Gasteiger partial charge in [0.25, 0.3) is 0 Å². The fraction of sp³-hybridized carbons (Fsp3) is 1.00. The first kappa shape index (κ1) is 8.04. The van der Waals surface area contributed by atoms with Crippen LogP contribution in [0, 0.1) is 11.3 Å². The second-order valence-electron chi connectivity index (χ2n) is 5.11. The van der Waals surface area contributed by atoms with Crippen LogP contribution >= 0.6 is 22.6 Å². The molecule has 1 heterocycles. The molecule has 0 amide bonds. The molecule has 4 rings (SSSR count). The fourth-order valence-electron chi connectivity index (χ4n) is 3.43. The maximum atomic E-state index is 5.41. The molecule has 0 spiro atoms. The van der Waals surface area contributed by atoms with E-state index in [0.717, 1.165) is 28.0 Å². The molecule has 1 aliphatic heterocycles. The molecule has 12 heavy (non-hydrogen) atoms. The minimum Gasteiger partial charge on any atom is -0.381 e. The predicted molar refractivity (Wildman–Crippen MR) is 56.6 cm³/mol. The van der Waals surface area contributed by atoms with Gasteiger partial charge in [0.15, 0.2) is 0 Å². The zero-order valence-electron chi connectivity index (χ0n) is 7.31. The monoisotopic (exact) mass is 278 g/mol. The number of hydrogen-bond donors (Lipinski definition) is 0. The minimum atomic E-state index is 0.761. The van der Waals surface area contributed by atoms with Gasteiger partial charge < -0.3 is 4.74 Å². The molecule has 0 aromatic heterocycles. The molecule has 2 heteroatoms. The summed E-state index contributed by atoms with van der Waals surface area (Å²) in [5.41, 5.74) is 0.805. The standard InChI is InChI=1S/C10H15IO/c11-10-5-9(6-10,7-10)3-8-1-2-12-4-8/h8H,1-7H2. The van der Waals surface area contributed by atoms with Gasteiger partial charge in [-0.25, -0.2) is 0 Å². The normalized spacial score (nSPS) is 56.2. The Balaban J connectivity index is 1.56. The van der Waals surface area contributed by atoms with Crippen LogP contribution in [0.1, 0.15) is 32.1 Å². The molecule has 2 bridgehead atoms. The van der Waals surface area contributed by atoms with Gasteiger partial charge in [-0.1, -0.05) is 22.6 Å². The molecular weight excluding hydrogens is 263 g/mol. The van der Waals surface area contributed by atoms with Gasteiger partial charge in [-0.2, -0.15) is 0 Å². The van der Waals surface area contributed by atoms with Gasteiger partial charge in [0.1, 0.15) is 0 Å². The van der Waals surface area contributed by atoms with E-state index in [9.17, 15) is 0 Å². The Morgan fingerprint density at radius 2 is 2.08 bits per heavy atom. The van der Waals surface area contributed by atoms with E-state index < -0.39 is 0 Å². The van der Waals surface area contributed by atoms with Crippen LogP contribution in [0.4, 0.5) is 0 Å². The lowest BCUT2D eigenvalue weighted by molar-refractivity contribution is -0.0819. The van der Waals surface area contributed by atoms with E-state index in [4.69, 9.17) is 4.74 Å². The number of alkyl halides is 1. The van der Waals surface area contributed by atoms with Crippen LogP contribution in [-0.2, 0) is 4.74 Å². The Morgan fingerprint density at radius 1 is 1.33 bits per heavy atom. The second-order valence-corrected chi connectivity index (χ2v) is 7.40. The molecule has 1 unspecified atom stereocenters. The molecule has 4 aliphatic rings. The van der Waals surface area contributed by atoms with E-state index in [-0.39, 0.29) is 0 Å². The topological polar surface area (TPSA) is 9.23 Å². The highest BCUT2D eigenvalue weighted by Gasteiger charge is 2.66. The largest absolute Gasteiger partial charge is 0.381 e. The van der Waals surface area contributed by atoms with Crippen LogP contribution in [-0.4, -0.2) is 16.6 Å². The zero-order valence-corrected chi connectivity index (χ0v) is 9.47. The second kappa shape index (κ2) is 2.38. The van der Waals surface area contributed by atoms with Crippen molar-refractivity contribution in [3.63, 3.8) is 0 Å². The quantitative estimate of drug-likeness (QED) is 0.557. The molecule has 0 aromatic rings. The molecule has 0 aromatic carbocycles. The molecule has 1 nitrogen and oxygen atoms in total. The predicted octanol–water partition coefficient (Wildman–Crippen LogP) is 2.77. The summed E-state index contributed by atoms with van der Waals surface area (Å²) in [6.07, 6.45) is 7.33. The maximum absolute atomic E-state index is 5.41. The lowest BCUT2D eigenvalue weighted by atomic mass is 9.42. The van der Waals surface area contributed by atoms with E-state index in [1.807, 2.05) is 0 Å². The number of halogens is 1. The summed E-state index contributed by atoms with van der Waals surface area (Å²) in [5, 5.41) is 0. The van der Waals surface area contributed by atoms with Crippen molar-refractivity contribution in [1.29, 1.82) is 0 Å². The first-order valence-corrected chi connectivity index (χ1v) is 6.04. The van der Waals surface area contributed by atoms with Gasteiger partial charge >= 0.3 is 0 Å². The third kappa shape index (κ3) is 1.07. The van der Waals surface area contributed by atoms with Crippen molar-refractivity contribution >= 4 is 22.6 Å². The van der Waals surface area contributed by atoms with Gasteiger partial charge in [0.2, 0.25) is 0 Å². The van der Waals surface area contributed by atoms with Gasteiger partial charge in [-0.3, -0.25) is 0 Å². The summed E-state index contributed by atoms with van der Waals surface area (Å²) < 4.78 is 6.17. The van der Waals surface area contributed by atoms with Crippen LogP contribution < -0.4 is 0 Å². The smallest absolute Gasteiger partial charge is 0.0495 e. The number of hydrogen-bond acceptors (Lipinski definition) is 1. The Kier molecular flexibility index (Phi) is 1.59. The summed E-state index contributed by atoms with van der Waals surface area (Å²) >= 11 is 2.66. The average Bonchev–Trinajstić information content (AvgIpc) is 2.33. The van der Waals surface area contributed by atoms with Crippen molar-refractivity contribution < 1.29 is 4.74 Å². The van der Waals surface area contributed by atoms with Crippen LogP contribution in [0.25, 0.3) is 0 Å². The molecule has 1 atom stereocenters. The van der Waals surface area contributed by atoms with E-state index in [1.54, 1.807) is 0 Å². The minimum absolute atomic E-state index is 0.761. The highest BCUT2D eigenvalue weighted by molar-refractivity contribution is 14.1. The highest BCUT2D eigenvalue weighted by atomic mass is 127. The lowest BCUT2D eigenvalue weighted by Crippen LogP contribution is -2.63. The molecular formula is C10H15IO.